The third-order valence-electron chi connectivity index (χ3n) is 4.82. The molecule has 0 saturated heterocycles. The van der Waals surface area contributed by atoms with Gasteiger partial charge >= 0.3 is 0 Å². The van der Waals surface area contributed by atoms with Crippen LogP contribution >= 0.6 is 11.6 Å². The molecule has 3 aromatic carbocycles. The number of carbonyl (C=O) groups excluding carboxylic acids is 2. The smallest absolute Gasteiger partial charge is 0.268 e. The first-order valence-electron chi connectivity index (χ1n) is 9.84. The summed E-state index contributed by atoms with van der Waals surface area (Å²) in [6, 6.07) is 21.7. The maximum absolute atomic E-state index is 12.8. The fourth-order valence-electron chi connectivity index (χ4n) is 3.28. The van der Waals surface area contributed by atoms with Crippen LogP contribution in [-0.2, 0) is 16.1 Å². The maximum atomic E-state index is 12.8. The molecule has 1 aliphatic heterocycles. The van der Waals surface area contributed by atoms with E-state index in [0.29, 0.717) is 34.4 Å². The van der Waals surface area contributed by atoms with E-state index in [0.717, 1.165) is 5.56 Å². The highest BCUT2D eigenvalue weighted by Gasteiger charge is 2.31. The highest BCUT2D eigenvalue weighted by Crippen LogP contribution is 2.37. The van der Waals surface area contributed by atoms with Crippen LogP contribution in [0.15, 0.2) is 72.8 Å². The first-order valence-corrected chi connectivity index (χ1v) is 10.2. The van der Waals surface area contributed by atoms with Crippen LogP contribution in [-0.4, -0.2) is 24.5 Å². The number of anilines is 2. The van der Waals surface area contributed by atoms with Crippen molar-refractivity contribution in [1.82, 2.24) is 0 Å². The second-order valence-electron chi connectivity index (χ2n) is 7.14. The van der Waals surface area contributed by atoms with Crippen LogP contribution < -0.4 is 19.7 Å². The predicted octanol–water partition coefficient (Wildman–Crippen LogP) is 4.67. The molecule has 2 amide bonds. The second kappa shape index (κ2) is 9.10. The van der Waals surface area contributed by atoms with Crippen LogP contribution in [0.1, 0.15) is 12.5 Å². The topological polar surface area (TPSA) is 67.9 Å². The van der Waals surface area contributed by atoms with Crippen molar-refractivity contribution >= 4 is 34.8 Å². The van der Waals surface area contributed by atoms with Crippen LogP contribution in [0.4, 0.5) is 11.4 Å². The van der Waals surface area contributed by atoms with Gasteiger partial charge in [-0.1, -0.05) is 41.9 Å². The van der Waals surface area contributed by atoms with E-state index in [9.17, 15) is 9.59 Å². The van der Waals surface area contributed by atoms with E-state index in [1.165, 1.54) is 0 Å². The van der Waals surface area contributed by atoms with Crippen molar-refractivity contribution in [2.24, 2.45) is 0 Å². The molecule has 4 rings (SSSR count). The quantitative estimate of drug-likeness (QED) is 0.609. The van der Waals surface area contributed by atoms with Crippen molar-refractivity contribution in [1.29, 1.82) is 0 Å². The lowest BCUT2D eigenvalue weighted by Crippen LogP contribution is -2.44. The standard InChI is InChI=1S/C24H21ClN2O4/c1-16-24(29)27(14-17-7-9-18(25)10-8-17)21-13-19(11-12-22(21)31-16)26-23(28)15-30-20-5-3-2-4-6-20/h2-13,16H,14-15H2,1H3,(H,26,28). The third kappa shape index (κ3) is 4.98. The molecule has 0 radical (unpaired) electrons. The van der Waals surface area contributed by atoms with E-state index < -0.39 is 6.10 Å². The fourth-order valence-corrected chi connectivity index (χ4v) is 3.41. The monoisotopic (exact) mass is 436 g/mol. The minimum Gasteiger partial charge on any atom is -0.484 e. The normalized spacial score (nSPS) is 15.1. The zero-order chi connectivity index (χ0) is 21.8. The molecule has 158 valence electrons. The number of para-hydroxylation sites is 1. The zero-order valence-corrected chi connectivity index (χ0v) is 17.6. The summed E-state index contributed by atoms with van der Waals surface area (Å²) in [6.07, 6.45) is -0.598. The van der Waals surface area contributed by atoms with E-state index >= 15 is 0 Å². The molecule has 0 aliphatic carbocycles. The van der Waals surface area contributed by atoms with E-state index in [1.807, 2.05) is 30.3 Å². The Labute approximate surface area is 185 Å². The number of nitrogens with one attached hydrogen (secondary N) is 1. The summed E-state index contributed by atoms with van der Waals surface area (Å²) in [5.41, 5.74) is 2.08. The van der Waals surface area contributed by atoms with Gasteiger partial charge in [0.1, 0.15) is 11.5 Å². The lowest BCUT2D eigenvalue weighted by Gasteiger charge is -2.33. The van der Waals surface area contributed by atoms with E-state index in [1.54, 1.807) is 54.3 Å². The van der Waals surface area contributed by atoms with Crippen molar-refractivity contribution in [2.45, 2.75) is 19.6 Å². The largest absolute Gasteiger partial charge is 0.484 e. The predicted molar refractivity (Wildman–Crippen MR) is 120 cm³/mol. The van der Waals surface area contributed by atoms with Gasteiger partial charge in [-0.25, -0.2) is 0 Å². The molecule has 7 heteroatoms. The Morgan fingerprint density at radius 1 is 1.10 bits per heavy atom. The van der Waals surface area contributed by atoms with Gasteiger partial charge in [0.2, 0.25) is 0 Å². The highest BCUT2D eigenvalue weighted by atomic mass is 35.5. The fraction of sp³-hybridized carbons (Fsp3) is 0.167. The second-order valence-corrected chi connectivity index (χ2v) is 7.58. The van der Waals surface area contributed by atoms with Crippen molar-refractivity contribution < 1.29 is 19.1 Å². The first kappa shape index (κ1) is 20.8. The lowest BCUT2D eigenvalue weighted by atomic mass is 10.1. The van der Waals surface area contributed by atoms with Crippen LogP contribution in [0.3, 0.4) is 0 Å². The molecule has 0 bridgehead atoms. The number of rotatable bonds is 6. The van der Waals surface area contributed by atoms with Crippen molar-refractivity contribution in [3.8, 4) is 11.5 Å². The molecule has 0 spiro atoms. The molecule has 1 heterocycles. The van der Waals surface area contributed by atoms with E-state index in [-0.39, 0.29) is 18.4 Å². The number of halogens is 1. The summed E-state index contributed by atoms with van der Waals surface area (Å²) in [5.74, 6) is 0.743. The first-order chi connectivity index (χ1) is 15.0. The molecular formula is C24H21ClN2O4. The molecule has 1 atom stereocenters. The Hall–Kier alpha value is -3.51. The number of ether oxygens (including phenoxy) is 2. The van der Waals surface area contributed by atoms with Crippen molar-refractivity contribution in [2.75, 3.05) is 16.8 Å². The van der Waals surface area contributed by atoms with Gasteiger partial charge in [-0.15, -0.1) is 0 Å². The Morgan fingerprint density at radius 2 is 1.84 bits per heavy atom. The van der Waals surface area contributed by atoms with E-state index in [2.05, 4.69) is 5.32 Å². The van der Waals surface area contributed by atoms with Gasteiger partial charge in [-0.05, 0) is 55.0 Å². The number of fused-ring (bicyclic) bond motifs is 1. The van der Waals surface area contributed by atoms with Gasteiger partial charge in [-0.2, -0.15) is 0 Å². The average molecular weight is 437 g/mol. The van der Waals surface area contributed by atoms with Gasteiger partial charge in [0, 0.05) is 10.7 Å². The van der Waals surface area contributed by atoms with Gasteiger partial charge in [0.15, 0.2) is 12.7 Å². The third-order valence-corrected chi connectivity index (χ3v) is 5.07. The maximum Gasteiger partial charge on any atom is 0.268 e. The summed E-state index contributed by atoms with van der Waals surface area (Å²) in [7, 11) is 0. The molecule has 3 aromatic rings. The number of amides is 2. The average Bonchev–Trinajstić information content (AvgIpc) is 2.78. The molecule has 0 saturated carbocycles. The summed E-state index contributed by atoms with van der Waals surface area (Å²) in [4.78, 5) is 26.8. The minimum absolute atomic E-state index is 0.123. The minimum atomic E-state index is -0.598. The molecule has 1 N–H and O–H groups in total. The molecule has 1 unspecified atom stereocenters. The van der Waals surface area contributed by atoms with Crippen LogP contribution in [0.25, 0.3) is 0 Å². The molecule has 0 fully saturated rings. The molecular weight excluding hydrogens is 416 g/mol. The van der Waals surface area contributed by atoms with Gasteiger partial charge in [0.05, 0.1) is 12.2 Å². The summed E-state index contributed by atoms with van der Waals surface area (Å²) >= 11 is 5.97. The summed E-state index contributed by atoms with van der Waals surface area (Å²) < 4.78 is 11.2. The Kier molecular flexibility index (Phi) is 6.09. The van der Waals surface area contributed by atoms with Gasteiger partial charge in [0.25, 0.3) is 11.8 Å². The van der Waals surface area contributed by atoms with Gasteiger partial charge in [-0.3, -0.25) is 9.59 Å². The van der Waals surface area contributed by atoms with Crippen LogP contribution in [0.5, 0.6) is 11.5 Å². The molecule has 0 aromatic heterocycles. The zero-order valence-electron chi connectivity index (χ0n) is 16.9. The number of carbonyl (C=O) groups is 2. The van der Waals surface area contributed by atoms with Crippen molar-refractivity contribution in [3.63, 3.8) is 0 Å². The lowest BCUT2D eigenvalue weighted by molar-refractivity contribution is -0.125. The Bertz CT molecular complexity index is 1090. The molecule has 6 nitrogen and oxygen atoms in total. The highest BCUT2D eigenvalue weighted by molar-refractivity contribution is 6.30. The number of benzene rings is 3. The van der Waals surface area contributed by atoms with Crippen LogP contribution in [0.2, 0.25) is 5.02 Å². The van der Waals surface area contributed by atoms with Crippen molar-refractivity contribution in [3.05, 3.63) is 83.4 Å². The molecule has 1 aliphatic rings. The number of hydrogen-bond donors (Lipinski definition) is 1. The SMILES string of the molecule is CC1Oc2ccc(NC(=O)COc3ccccc3)cc2N(Cc2ccc(Cl)cc2)C1=O. The number of nitrogens with zero attached hydrogens (tertiary/aromatic N) is 1. The Morgan fingerprint density at radius 3 is 2.58 bits per heavy atom. The molecule has 31 heavy (non-hydrogen) atoms. The van der Waals surface area contributed by atoms with Gasteiger partial charge < -0.3 is 19.7 Å². The Balaban J connectivity index is 1.50. The number of hydrogen-bond acceptors (Lipinski definition) is 4. The summed E-state index contributed by atoms with van der Waals surface area (Å²) in [6.45, 7) is 1.96. The van der Waals surface area contributed by atoms with E-state index in [4.69, 9.17) is 21.1 Å². The summed E-state index contributed by atoms with van der Waals surface area (Å²) in [5, 5.41) is 3.44. The van der Waals surface area contributed by atoms with Crippen LogP contribution in [0, 0.1) is 0 Å².